The van der Waals surface area contributed by atoms with Crippen molar-refractivity contribution in [1.29, 1.82) is 0 Å². The molecule has 0 fully saturated rings. The van der Waals surface area contributed by atoms with Crippen LogP contribution in [0.3, 0.4) is 0 Å². The summed E-state index contributed by atoms with van der Waals surface area (Å²) in [4.78, 5) is 3.35. The van der Waals surface area contributed by atoms with Crippen molar-refractivity contribution >= 4 is 11.6 Å². The highest BCUT2D eigenvalue weighted by atomic mass is 35.5. The lowest BCUT2D eigenvalue weighted by molar-refractivity contribution is 0.618. The summed E-state index contributed by atoms with van der Waals surface area (Å²) in [6, 6.07) is 1.15. The highest BCUT2D eigenvalue weighted by Crippen LogP contribution is 2.05. The Kier molecular flexibility index (Phi) is 1.44. The number of hydrogen-bond acceptors (Lipinski definition) is 1. The van der Waals surface area contributed by atoms with Crippen LogP contribution in [0.2, 0.25) is 5.02 Å². The third kappa shape index (κ3) is 1.17. The van der Waals surface area contributed by atoms with Crippen LogP contribution >= 0.6 is 11.6 Å². The lowest BCUT2D eigenvalue weighted by atomic mass is 10.5. The molecule has 0 saturated carbocycles. The fraction of sp³-hybridized carbons (Fsp3) is 0. The second kappa shape index (κ2) is 2.09. The van der Waals surface area contributed by atoms with E-state index in [1.807, 2.05) is 0 Å². The van der Waals surface area contributed by atoms with Gasteiger partial charge in [0.2, 0.25) is 0 Å². The van der Waals surface area contributed by atoms with Crippen molar-refractivity contribution in [2.75, 3.05) is 0 Å². The Hall–Kier alpha value is -0.630. The molecule has 1 radical (unpaired) electrons. The SMILES string of the molecule is Fc1[c]ncc(Cl)c1. The van der Waals surface area contributed by atoms with Crippen LogP contribution in [-0.4, -0.2) is 4.98 Å². The first kappa shape index (κ1) is 5.51. The molecule has 0 saturated heterocycles. The summed E-state index contributed by atoms with van der Waals surface area (Å²) >= 11 is 5.32. The van der Waals surface area contributed by atoms with Crippen LogP contribution in [0.1, 0.15) is 0 Å². The van der Waals surface area contributed by atoms with Gasteiger partial charge in [-0.15, -0.1) is 0 Å². The second-order valence-corrected chi connectivity index (χ2v) is 1.68. The molecule has 1 aromatic rings. The quantitative estimate of drug-likeness (QED) is 0.521. The molecule has 41 valence electrons. The summed E-state index contributed by atoms with van der Waals surface area (Å²) in [5.41, 5.74) is 0. The Balaban J connectivity index is 3.08. The molecular formula is C5H2ClFN. The maximum absolute atomic E-state index is 12.0. The summed E-state index contributed by atoms with van der Waals surface area (Å²) in [5, 5.41) is 0.293. The lowest BCUT2D eigenvalue weighted by Gasteiger charge is -1.83. The fourth-order valence-corrected chi connectivity index (χ4v) is 0.491. The maximum atomic E-state index is 12.0. The van der Waals surface area contributed by atoms with E-state index in [-0.39, 0.29) is 0 Å². The van der Waals surface area contributed by atoms with Crippen molar-refractivity contribution in [2.45, 2.75) is 0 Å². The van der Waals surface area contributed by atoms with Crippen molar-refractivity contribution in [2.24, 2.45) is 0 Å². The van der Waals surface area contributed by atoms with E-state index >= 15 is 0 Å². The molecule has 0 aromatic carbocycles. The Morgan fingerprint density at radius 1 is 1.75 bits per heavy atom. The van der Waals surface area contributed by atoms with E-state index in [0.717, 1.165) is 6.07 Å². The molecule has 8 heavy (non-hydrogen) atoms. The van der Waals surface area contributed by atoms with Crippen LogP contribution in [0.25, 0.3) is 0 Å². The summed E-state index contributed by atoms with van der Waals surface area (Å²) in [6.07, 6.45) is 3.40. The Labute approximate surface area is 51.1 Å². The van der Waals surface area contributed by atoms with E-state index in [1.54, 1.807) is 0 Å². The molecule has 0 atom stereocenters. The summed E-state index contributed by atoms with van der Waals surface area (Å²) < 4.78 is 12.0. The molecule has 0 aliphatic rings. The van der Waals surface area contributed by atoms with Gasteiger partial charge in [-0.2, -0.15) is 0 Å². The number of aromatic nitrogens is 1. The van der Waals surface area contributed by atoms with Gasteiger partial charge in [0, 0.05) is 6.20 Å². The molecule has 3 heteroatoms. The van der Waals surface area contributed by atoms with Gasteiger partial charge in [0.05, 0.1) is 5.02 Å². The van der Waals surface area contributed by atoms with E-state index in [0.29, 0.717) is 5.02 Å². The van der Waals surface area contributed by atoms with E-state index < -0.39 is 5.82 Å². The zero-order chi connectivity index (χ0) is 5.98. The number of nitrogens with zero attached hydrogens (tertiary/aromatic N) is 1. The van der Waals surface area contributed by atoms with Crippen LogP contribution in [0.15, 0.2) is 12.3 Å². The second-order valence-electron chi connectivity index (χ2n) is 1.25. The average molecular weight is 131 g/mol. The van der Waals surface area contributed by atoms with Crippen LogP contribution in [0.5, 0.6) is 0 Å². The molecule has 0 unspecified atom stereocenters. The number of halogens is 2. The number of hydrogen-bond donors (Lipinski definition) is 0. The van der Waals surface area contributed by atoms with Crippen LogP contribution in [-0.2, 0) is 0 Å². The Morgan fingerprint density at radius 2 is 2.50 bits per heavy atom. The van der Waals surface area contributed by atoms with Crippen LogP contribution in [0, 0.1) is 12.0 Å². The minimum atomic E-state index is -0.530. The number of rotatable bonds is 0. The van der Waals surface area contributed by atoms with E-state index in [4.69, 9.17) is 11.6 Å². The largest absolute Gasteiger partial charge is 0.250 e. The predicted octanol–water partition coefficient (Wildman–Crippen LogP) is 1.67. The van der Waals surface area contributed by atoms with Gasteiger partial charge in [0.15, 0.2) is 5.82 Å². The van der Waals surface area contributed by atoms with Gasteiger partial charge in [-0.25, -0.2) is 9.37 Å². The molecule has 0 N–H and O–H groups in total. The summed E-state index contributed by atoms with van der Waals surface area (Å²) in [6.45, 7) is 0. The van der Waals surface area contributed by atoms with Gasteiger partial charge >= 0.3 is 0 Å². The third-order valence-electron chi connectivity index (χ3n) is 0.624. The van der Waals surface area contributed by atoms with Gasteiger partial charge < -0.3 is 0 Å². The van der Waals surface area contributed by atoms with Gasteiger partial charge in [0.1, 0.15) is 6.20 Å². The summed E-state index contributed by atoms with van der Waals surface area (Å²) in [5.74, 6) is -0.530. The van der Waals surface area contributed by atoms with E-state index in [1.165, 1.54) is 6.20 Å². The summed E-state index contributed by atoms with van der Waals surface area (Å²) in [7, 11) is 0. The minimum absolute atomic E-state index is 0.293. The zero-order valence-corrected chi connectivity index (χ0v) is 4.61. The van der Waals surface area contributed by atoms with Crippen LogP contribution < -0.4 is 0 Å². The minimum Gasteiger partial charge on any atom is -0.250 e. The van der Waals surface area contributed by atoms with E-state index in [2.05, 4.69) is 11.2 Å². The van der Waals surface area contributed by atoms with Gasteiger partial charge in [-0.1, -0.05) is 11.6 Å². The Morgan fingerprint density at radius 3 is 2.88 bits per heavy atom. The van der Waals surface area contributed by atoms with Crippen molar-refractivity contribution < 1.29 is 4.39 Å². The molecule has 1 nitrogen and oxygen atoms in total. The fourth-order valence-electron chi connectivity index (χ4n) is 0.346. The van der Waals surface area contributed by atoms with Crippen molar-refractivity contribution in [3.8, 4) is 0 Å². The highest BCUT2D eigenvalue weighted by molar-refractivity contribution is 6.30. The molecular weight excluding hydrogens is 129 g/mol. The normalized spacial score (nSPS) is 9.25. The monoisotopic (exact) mass is 130 g/mol. The smallest absolute Gasteiger partial charge is 0.152 e. The van der Waals surface area contributed by atoms with Gasteiger partial charge in [-0.3, -0.25) is 0 Å². The van der Waals surface area contributed by atoms with Crippen molar-refractivity contribution in [1.82, 2.24) is 4.98 Å². The predicted molar refractivity (Wildman–Crippen MR) is 28.0 cm³/mol. The average Bonchev–Trinajstić information content (AvgIpc) is 1.64. The highest BCUT2D eigenvalue weighted by Gasteiger charge is 1.89. The topological polar surface area (TPSA) is 12.9 Å². The molecule has 1 aromatic heterocycles. The number of pyridine rings is 1. The first-order valence-electron chi connectivity index (χ1n) is 1.98. The van der Waals surface area contributed by atoms with Gasteiger partial charge in [0.25, 0.3) is 0 Å². The first-order valence-corrected chi connectivity index (χ1v) is 2.35. The Bertz CT molecular complexity index is 172. The lowest BCUT2D eigenvalue weighted by Crippen LogP contribution is -1.75. The van der Waals surface area contributed by atoms with Crippen LogP contribution in [0.4, 0.5) is 4.39 Å². The molecule has 0 aliphatic carbocycles. The molecule has 1 rings (SSSR count). The maximum Gasteiger partial charge on any atom is 0.152 e. The molecule has 0 amide bonds. The zero-order valence-electron chi connectivity index (χ0n) is 3.86. The molecule has 0 spiro atoms. The van der Waals surface area contributed by atoms with Crippen molar-refractivity contribution in [3.05, 3.63) is 29.3 Å². The first-order chi connectivity index (χ1) is 3.79. The van der Waals surface area contributed by atoms with E-state index in [9.17, 15) is 4.39 Å². The molecule has 0 bridgehead atoms. The molecule has 1 heterocycles. The van der Waals surface area contributed by atoms with Crippen molar-refractivity contribution in [3.63, 3.8) is 0 Å². The molecule has 0 aliphatic heterocycles. The van der Waals surface area contributed by atoms with Gasteiger partial charge in [-0.05, 0) is 6.07 Å². The standard InChI is InChI=1S/C5H2ClFN/c6-4-1-5(7)3-8-2-4/h1-2H. The third-order valence-corrected chi connectivity index (χ3v) is 0.831.